The summed E-state index contributed by atoms with van der Waals surface area (Å²) < 4.78 is 11.3. The third kappa shape index (κ3) is 4.46. The molecule has 18 heavy (non-hydrogen) atoms. The fourth-order valence-corrected chi connectivity index (χ4v) is 2.19. The minimum atomic E-state index is 0.612. The van der Waals surface area contributed by atoms with E-state index in [4.69, 9.17) is 9.15 Å². The van der Waals surface area contributed by atoms with Crippen LogP contribution in [0, 0.1) is 5.92 Å². The molecule has 1 N–H and O–H groups in total. The second-order valence-electron chi connectivity index (χ2n) is 5.18. The van der Waals surface area contributed by atoms with Gasteiger partial charge in [-0.05, 0) is 37.4 Å². The molecule has 0 spiro atoms. The molecule has 1 aromatic rings. The van der Waals surface area contributed by atoms with E-state index in [1.807, 2.05) is 12.1 Å². The molecule has 0 amide bonds. The third-order valence-electron chi connectivity index (χ3n) is 3.58. The Balaban J connectivity index is 1.57. The molecule has 3 heteroatoms. The average molecular weight is 251 g/mol. The normalized spacial score (nSPS) is 15.8. The highest BCUT2D eigenvalue weighted by Crippen LogP contribution is 2.29. The number of ether oxygens (including phenoxy) is 1. The molecule has 0 saturated heterocycles. The van der Waals surface area contributed by atoms with Crippen LogP contribution < -0.4 is 5.32 Å². The maximum absolute atomic E-state index is 5.69. The Labute approximate surface area is 110 Å². The van der Waals surface area contributed by atoms with Crippen molar-refractivity contribution in [3.05, 3.63) is 23.7 Å². The van der Waals surface area contributed by atoms with Crippen LogP contribution in [0.4, 0.5) is 0 Å². The standard InChI is InChI=1S/C15H25NO2/c1-2-9-16-11-14-6-7-15(18-14)12-17-10-8-13-4-3-5-13/h6-7,13,16H,2-5,8-12H2,1H3. The van der Waals surface area contributed by atoms with Crippen molar-refractivity contribution in [2.75, 3.05) is 13.2 Å². The van der Waals surface area contributed by atoms with Gasteiger partial charge in [0.2, 0.25) is 0 Å². The third-order valence-corrected chi connectivity index (χ3v) is 3.58. The summed E-state index contributed by atoms with van der Waals surface area (Å²) >= 11 is 0. The summed E-state index contributed by atoms with van der Waals surface area (Å²) in [4.78, 5) is 0. The lowest BCUT2D eigenvalue weighted by Crippen LogP contribution is -2.13. The van der Waals surface area contributed by atoms with Gasteiger partial charge in [-0.2, -0.15) is 0 Å². The number of hydrogen-bond donors (Lipinski definition) is 1. The van der Waals surface area contributed by atoms with Crippen LogP contribution in [0.1, 0.15) is 50.5 Å². The van der Waals surface area contributed by atoms with Gasteiger partial charge in [-0.1, -0.05) is 26.2 Å². The first-order valence-corrected chi connectivity index (χ1v) is 7.24. The van der Waals surface area contributed by atoms with Gasteiger partial charge in [0.15, 0.2) is 0 Å². The molecule has 1 saturated carbocycles. The molecule has 3 nitrogen and oxygen atoms in total. The van der Waals surface area contributed by atoms with Crippen LogP contribution in [-0.2, 0) is 17.9 Å². The van der Waals surface area contributed by atoms with Gasteiger partial charge in [0, 0.05) is 6.61 Å². The van der Waals surface area contributed by atoms with Gasteiger partial charge in [-0.15, -0.1) is 0 Å². The fraction of sp³-hybridized carbons (Fsp3) is 0.733. The summed E-state index contributed by atoms with van der Waals surface area (Å²) in [6.07, 6.45) is 6.58. The van der Waals surface area contributed by atoms with E-state index in [-0.39, 0.29) is 0 Å². The lowest BCUT2D eigenvalue weighted by molar-refractivity contribution is 0.0829. The van der Waals surface area contributed by atoms with E-state index in [0.717, 1.165) is 43.6 Å². The van der Waals surface area contributed by atoms with Crippen LogP contribution in [0.25, 0.3) is 0 Å². The monoisotopic (exact) mass is 251 g/mol. The molecule has 1 heterocycles. The molecule has 2 rings (SSSR count). The van der Waals surface area contributed by atoms with Crippen molar-refractivity contribution in [2.24, 2.45) is 5.92 Å². The second kappa shape index (κ2) is 7.59. The summed E-state index contributed by atoms with van der Waals surface area (Å²) in [5.74, 6) is 2.87. The van der Waals surface area contributed by atoms with Crippen molar-refractivity contribution in [3.8, 4) is 0 Å². The zero-order valence-electron chi connectivity index (χ0n) is 11.4. The number of nitrogens with one attached hydrogen (secondary N) is 1. The van der Waals surface area contributed by atoms with E-state index in [9.17, 15) is 0 Å². The number of rotatable bonds is 9. The zero-order chi connectivity index (χ0) is 12.6. The summed E-state index contributed by atoms with van der Waals surface area (Å²) in [6, 6.07) is 4.06. The van der Waals surface area contributed by atoms with E-state index < -0.39 is 0 Å². The summed E-state index contributed by atoms with van der Waals surface area (Å²) in [6.45, 7) is 5.50. The molecule has 1 aliphatic rings. The largest absolute Gasteiger partial charge is 0.462 e. The SMILES string of the molecule is CCCNCc1ccc(COCCC2CCC2)o1. The Hall–Kier alpha value is -0.800. The Kier molecular flexibility index (Phi) is 5.75. The highest BCUT2D eigenvalue weighted by atomic mass is 16.5. The molecular weight excluding hydrogens is 226 g/mol. The Morgan fingerprint density at radius 3 is 2.89 bits per heavy atom. The van der Waals surface area contributed by atoms with Gasteiger partial charge >= 0.3 is 0 Å². The lowest BCUT2D eigenvalue weighted by atomic mass is 9.83. The Morgan fingerprint density at radius 2 is 2.17 bits per heavy atom. The minimum absolute atomic E-state index is 0.612. The van der Waals surface area contributed by atoms with Crippen LogP contribution in [0.5, 0.6) is 0 Å². The fourth-order valence-electron chi connectivity index (χ4n) is 2.19. The smallest absolute Gasteiger partial charge is 0.129 e. The molecule has 1 fully saturated rings. The molecule has 0 bridgehead atoms. The van der Waals surface area contributed by atoms with E-state index in [2.05, 4.69) is 12.2 Å². The van der Waals surface area contributed by atoms with E-state index >= 15 is 0 Å². The average Bonchev–Trinajstić information content (AvgIpc) is 2.75. The van der Waals surface area contributed by atoms with E-state index in [0.29, 0.717) is 6.61 Å². The quantitative estimate of drug-likeness (QED) is 0.682. The van der Waals surface area contributed by atoms with Crippen LogP contribution in [0.2, 0.25) is 0 Å². The molecule has 0 aromatic carbocycles. The second-order valence-corrected chi connectivity index (χ2v) is 5.18. The van der Waals surface area contributed by atoms with Gasteiger partial charge < -0.3 is 14.5 Å². The van der Waals surface area contributed by atoms with Crippen molar-refractivity contribution in [1.29, 1.82) is 0 Å². The molecule has 0 unspecified atom stereocenters. The van der Waals surface area contributed by atoms with Gasteiger partial charge in [0.1, 0.15) is 18.1 Å². The molecule has 0 aliphatic heterocycles. The van der Waals surface area contributed by atoms with Gasteiger partial charge in [0.05, 0.1) is 6.54 Å². The maximum atomic E-state index is 5.69. The van der Waals surface area contributed by atoms with Crippen molar-refractivity contribution < 1.29 is 9.15 Å². The molecule has 0 radical (unpaired) electrons. The Bertz CT molecular complexity index is 331. The predicted molar refractivity (Wildman–Crippen MR) is 72.3 cm³/mol. The van der Waals surface area contributed by atoms with Crippen LogP contribution >= 0.6 is 0 Å². The van der Waals surface area contributed by atoms with Gasteiger partial charge in [0.25, 0.3) is 0 Å². The van der Waals surface area contributed by atoms with Crippen molar-refractivity contribution in [2.45, 2.75) is 52.2 Å². The summed E-state index contributed by atoms with van der Waals surface area (Å²) in [7, 11) is 0. The van der Waals surface area contributed by atoms with Crippen LogP contribution in [-0.4, -0.2) is 13.2 Å². The molecule has 1 aliphatic carbocycles. The van der Waals surface area contributed by atoms with Crippen molar-refractivity contribution in [1.82, 2.24) is 5.32 Å². The molecule has 0 atom stereocenters. The van der Waals surface area contributed by atoms with E-state index in [1.54, 1.807) is 0 Å². The van der Waals surface area contributed by atoms with Gasteiger partial charge in [-0.3, -0.25) is 0 Å². The molecule has 102 valence electrons. The van der Waals surface area contributed by atoms with Crippen LogP contribution in [0.3, 0.4) is 0 Å². The zero-order valence-corrected chi connectivity index (χ0v) is 11.4. The predicted octanol–water partition coefficient (Wildman–Crippen LogP) is 3.49. The topological polar surface area (TPSA) is 34.4 Å². The Morgan fingerprint density at radius 1 is 1.33 bits per heavy atom. The molecule has 1 aromatic heterocycles. The highest BCUT2D eigenvalue weighted by molar-refractivity contribution is 5.06. The van der Waals surface area contributed by atoms with Crippen LogP contribution in [0.15, 0.2) is 16.5 Å². The lowest BCUT2D eigenvalue weighted by Gasteiger charge is -2.24. The minimum Gasteiger partial charge on any atom is -0.462 e. The van der Waals surface area contributed by atoms with E-state index in [1.165, 1.54) is 25.7 Å². The van der Waals surface area contributed by atoms with Crippen molar-refractivity contribution >= 4 is 0 Å². The summed E-state index contributed by atoms with van der Waals surface area (Å²) in [5.41, 5.74) is 0. The first-order valence-electron chi connectivity index (χ1n) is 7.24. The van der Waals surface area contributed by atoms with Gasteiger partial charge in [-0.25, -0.2) is 0 Å². The highest BCUT2D eigenvalue weighted by Gasteiger charge is 2.16. The number of furan rings is 1. The molecular formula is C15H25NO2. The maximum Gasteiger partial charge on any atom is 0.129 e. The first kappa shape index (κ1) is 13.6. The summed E-state index contributed by atoms with van der Waals surface area (Å²) in [5, 5.41) is 3.33. The van der Waals surface area contributed by atoms with Crippen molar-refractivity contribution in [3.63, 3.8) is 0 Å². The number of hydrogen-bond acceptors (Lipinski definition) is 3. The first-order chi connectivity index (χ1) is 8.88.